The van der Waals surface area contributed by atoms with Crippen LogP contribution < -0.4 is 0 Å². The van der Waals surface area contributed by atoms with Gasteiger partial charge in [-0.25, -0.2) is 4.79 Å². The maximum Gasteiger partial charge on any atom is 0.338 e. The van der Waals surface area contributed by atoms with Crippen molar-refractivity contribution in [2.24, 2.45) is 0 Å². The third kappa shape index (κ3) is 3.73. The van der Waals surface area contributed by atoms with Crippen LogP contribution in [0.25, 0.3) is 0 Å². The van der Waals surface area contributed by atoms with Crippen LogP contribution >= 0.6 is 0 Å². The number of carbonyl (C=O) groups excluding carboxylic acids is 2. The molecule has 1 heterocycles. The number of hydrogen-bond acceptors (Lipinski definition) is 4. The van der Waals surface area contributed by atoms with E-state index in [-0.39, 0.29) is 12.4 Å². The second-order valence-corrected chi connectivity index (χ2v) is 7.06. The average molecular weight is 355 g/mol. The number of esters is 1. The van der Waals surface area contributed by atoms with Gasteiger partial charge in [0.2, 0.25) is 5.78 Å². The number of aryl methyl sites for hydroxylation is 2. The molecule has 3 rings (SSSR count). The van der Waals surface area contributed by atoms with E-state index in [1.807, 2.05) is 38.1 Å². The van der Waals surface area contributed by atoms with Crippen molar-refractivity contribution in [2.75, 3.05) is 6.61 Å². The topological polar surface area (TPSA) is 68.5 Å². The Balaban J connectivity index is 1.63. The summed E-state index contributed by atoms with van der Waals surface area (Å²) in [5.41, 5.74) is 2.32. The zero-order valence-electron chi connectivity index (χ0n) is 15.3. The van der Waals surface area contributed by atoms with Gasteiger partial charge in [-0.1, -0.05) is 30.3 Å². The van der Waals surface area contributed by atoms with E-state index in [1.54, 1.807) is 0 Å². The third-order valence-electron chi connectivity index (χ3n) is 5.24. The van der Waals surface area contributed by atoms with Gasteiger partial charge in [0.15, 0.2) is 12.2 Å². The van der Waals surface area contributed by atoms with E-state index in [4.69, 9.17) is 4.74 Å². The molecule has 2 aromatic rings. The summed E-state index contributed by atoms with van der Waals surface area (Å²) in [6.07, 6.45) is 2.51. The molecule has 26 heavy (non-hydrogen) atoms. The van der Waals surface area contributed by atoms with E-state index in [1.165, 1.54) is 5.56 Å². The molecule has 0 spiro atoms. The Hall–Kier alpha value is -2.40. The Morgan fingerprint density at radius 2 is 1.88 bits per heavy atom. The van der Waals surface area contributed by atoms with Crippen LogP contribution in [-0.4, -0.2) is 33.6 Å². The summed E-state index contributed by atoms with van der Waals surface area (Å²) in [5.74, 6) is -0.921. The summed E-state index contributed by atoms with van der Waals surface area (Å²) in [6, 6.07) is 12.0. The Morgan fingerprint density at radius 1 is 1.19 bits per heavy atom. The molecule has 5 nitrogen and oxygen atoms in total. The number of benzene rings is 1. The van der Waals surface area contributed by atoms with E-state index in [0.29, 0.717) is 18.4 Å². The Labute approximate surface area is 153 Å². The number of ether oxygens (including phenoxy) is 1. The number of rotatable bonds is 7. The molecule has 0 bridgehead atoms. The van der Waals surface area contributed by atoms with Gasteiger partial charge < -0.3 is 14.4 Å². The Bertz CT molecular complexity index is 803. The van der Waals surface area contributed by atoms with Crippen LogP contribution in [0.5, 0.6) is 0 Å². The normalized spacial score (nSPS) is 15.3. The van der Waals surface area contributed by atoms with E-state index in [0.717, 1.165) is 30.8 Å². The molecule has 5 heteroatoms. The van der Waals surface area contributed by atoms with Crippen molar-refractivity contribution in [3.8, 4) is 0 Å². The molecule has 0 radical (unpaired) electrons. The summed E-state index contributed by atoms with van der Waals surface area (Å²) in [4.78, 5) is 24.3. The molecular formula is C21H25NO4. The lowest BCUT2D eigenvalue weighted by molar-refractivity contribution is -0.173. The molecular weight excluding hydrogens is 330 g/mol. The highest BCUT2D eigenvalue weighted by Gasteiger charge is 2.43. The first kappa shape index (κ1) is 18.4. The minimum Gasteiger partial charge on any atom is -0.455 e. The van der Waals surface area contributed by atoms with Crippen molar-refractivity contribution >= 4 is 11.8 Å². The maximum absolute atomic E-state index is 12.5. The molecule has 0 aliphatic heterocycles. The predicted octanol–water partition coefficient (Wildman–Crippen LogP) is 2.99. The molecule has 0 saturated heterocycles. The molecule has 1 N–H and O–H groups in total. The Morgan fingerprint density at radius 3 is 2.50 bits per heavy atom. The van der Waals surface area contributed by atoms with Crippen LogP contribution in [0.1, 0.15) is 46.6 Å². The molecule has 1 aliphatic rings. The monoisotopic (exact) mass is 355 g/mol. The van der Waals surface area contributed by atoms with E-state index >= 15 is 0 Å². The molecule has 1 saturated carbocycles. The molecule has 0 atom stereocenters. The van der Waals surface area contributed by atoms with E-state index in [9.17, 15) is 14.7 Å². The fourth-order valence-corrected chi connectivity index (χ4v) is 3.37. The number of aliphatic hydroxyl groups is 1. The number of hydrogen-bond donors (Lipinski definition) is 1. The molecule has 138 valence electrons. The lowest BCUT2D eigenvalue weighted by Gasteiger charge is -2.33. The first-order valence-corrected chi connectivity index (χ1v) is 9.04. The standard InChI is InChI=1S/C21H25NO4/c1-15-13-18(19(23)14-26-20(24)21(25)10-6-11-21)16(2)22(15)12-9-17-7-4-3-5-8-17/h3-5,7-8,13,25H,6,9-12,14H2,1-2H3. The van der Waals surface area contributed by atoms with Gasteiger partial charge in [-0.2, -0.15) is 0 Å². The van der Waals surface area contributed by atoms with Gasteiger partial charge in [-0.05, 0) is 51.2 Å². The lowest BCUT2D eigenvalue weighted by Crippen LogP contribution is -2.46. The van der Waals surface area contributed by atoms with Crippen molar-refractivity contribution in [2.45, 2.75) is 51.7 Å². The number of ketones is 1. The highest BCUT2D eigenvalue weighted by Crippen LogP contribution is 2.32. The number of aromatic nitrogens is 1. The summed E-state index contributed by atoms with van der Waals surface area (Å²) in [5, 5.41) is 9.95. The number of carbonyl (C=O) groups is 2. The van der Waals surface area contributed by atoms with Crippen molar-refractivity contribution < 1.29 is 19.4 Å². The van der Waals surface area contributed by atoms with Gasteiger partial charge in [0.1, 0.15) is 0 Å². The third-order valence-corrected chi connectivity index (χ3v) is 5.24. The van der Waals surface area contributed by atoms with Crippen LogP contribution in [0.3, 0.4) is 0 Å². The fourth-order valence-electron chi connectivity index (χ4n) is 3.37. The van der Waals surface area contributed by atoms with E-state index < -0.39 is 11.6 Å². The quantitative estimate of drug-likeness (QED) is 0.612. The summed E-state index contributed by atoms with van der Waals surface area (Å²) >= 11 is 0. The van der Waals surface area contributed by atoms with Crippen LogP contribution in [0.2, 0.25) is 0 Å². The number of Topliss-reactive ketones (excluding diaryl/α,β-unsaturated/α-hetero) is 1. The molecule has 1 aromatic heterocycles. The Kier molecular flexibility index (Phi) is 5.28. The molecule has 1 fully saturated rings. The van der Waals surface area contributed by atoms with Gasteiger partial charge in [0.05, 0.1) is 0 Å². The first-order chi connectivity index (χ1) is 12.4. The van der Waals surface area contributed by atoms with Crippen molar-refractivity contribution in [1.29, 1.82) is 0 Å². The average Bonchev–Trinajstić information content (AvgIpc) is 2.90. The first-order valence-electron chi connectivity index (χ1n) is 9.04. The largest absolute Gasteiger partial charge is 0.455 e. The minimum atomic E-state index is -1.38. The van der Waals surface area contributed by atoms with Crippen LogP contribution in [0.4, 0.5) is 0 Å². The van der Waals surface area contributed by atoms with Gasteiger partial charge in [-0.3, -0.25) is 4.79 Å². The smallest absolute Gasteiger partial charge is 0.338 e. The number of nitrogens with zero attached hydrogens (tertiary/aromatic N) is 1. The second kappa shape index (κ2) is 7.46. The van der Waals surface area contributed by atoms with E-state index in [2.05, 4.69) is 16.7 Å². The van der Waals surface area contributed by atoms with Gasteiger partial charge in [-0.15, -0.1) is 0 Å². The van der Waals surface area contributed by atoms with Crippen molar-refractivity contribution in [1.82, 2.24) is 4.57 Å². The van der Waals surface area contributed by atoms with Crippen molar-refractivity contribution in [3.63, 3.8) is 0 Å². The van der Waals surface area contributed by atoms with Crippen LogP contribution in [0, 0.1) is 13.8 Å². The highest BCUT2D eigenvalue weighted by atomic mass is 16.6. The summed E-state index contributed by atoms with van der Waals surface area (Å²) in [7, 11) is 0. The molecule has 1 aromatic carbocycles. The second-order valence-electron chi connectivity index (χ2n) is 7.06. The van der Waals surface area contributed by atoms with Gasteiger partial charge >= 0.3 is 5.97 Å². The van der Waals surface area contributed by atoms with Crippen LogP contribution in [-0.2, 0) is 22.5 Å². The molecule has 0 amide bonds. The minimum absolute atomic E-state index is 0.236. The van der Waals surface area contributed by atoms with Crippen molar-refractivity contribution in [3.05, 3.63) is 58.9 Å². The highest BCUT2D eigenvalue weighted by molar-refractivity contribution is 5.99. The lowest BCUT2D eigenvalue weighted by atomic mass is 9.80. The van der Waals surface area contributed by atoms with Gasteiger partial charge in [0.25, 0.3) is 0 Å². The maximum atomic E-state index is 12.5. The SMILES string of the molecule is Cc1cc(C(=O)COC(=O)C2(O)CCC2)c(C)n1CCc1ccccc1. The predicted molar refractivity (Wildman–Crippen MR) is 98.1 cm³/mol. The van der Waals surface area contributed by atoms with Crippen LogP contribution in [0.15, 0.2) is 36.4 Å². The summed E-state index contributed by atoms with van der Waals surface area (Å²) < 4.78 is 7.16. The zero-order valence-corrected chi connectivity index (χ0v) is 15.3. The molecule has 1 aliphatic carbocycles. The summed E-state index contributed by atoms with van der Waals surface area (Å²) in [6.45, 7) is 4.34. The van der Waals surface area contributed by atoms with Gasteiger partial charge in [0, 0.05) is 23.5 Å². The molecule has 0 unspecified atom stereocenters. The zero-order chi connectivity index (χ0) is 18.7. The fraction of sp³-hybridized carbons (Fsp3) is 0.429.